The van der Waals surface area contributed by atoms with Gasteiger partial charge in [0.25, 0.3) is 0 Å². The Morgan fingerprint density at radius 3 is 2.54 bits per heavy atom. The van der Waals surface area contributed by atoms with Crippen molar-refractivity contribution in [3.8, 4) is 5.75 Å². The molecule has 2 atom stereocenters. The zero-order valence-corrected chi connectivity index (χ0v) is 22.7. The van der Waals surface area contributed by atoms with Crippen LogP contribution in [0.1, 0.15) is 16.7 Å². The zero-order valence-electron chi connectivity index (χ0n) is 22.7. The standard InChI is InChI=1S/C30H33BN6O4/c1-2-14-32-18-27(39)37-25(16-21-10-12-24(38)13-11-21)29(40)36(19-23-9-6-15-33-28(23)31)20-26(37)35-30(41)34-17-22-7-4-3-5-8-22/h2-13,15,25-26,32,38H,1,14,16-20H2,(H2,34,35,41)/t25-,26+/m0/s1. The summed E-state index contributed by atoms with van der Waals surface area (Å²) in [5.74, 6) is -0.549. The molecule has 2 heterocycles. The van der Waals surface area contributed by atoms with Crippen molar-refractivity contribution in [2.75, 3.05) is 19.6 Å². The molecule has 0 saturated carbocycles. The normalized spacial score (nSPS) is 16.7. The molecule has 4 amide bonds. The minimum Gasteiger partial charge on any atom is -0.508 e. The number of pyridine rings is 1. The van der Waals surface area contributed by atoms with Crippen LogP contribution in [0.3, 0.4) is 0 Å². The second kappa shape index (κ2) is 14.1. The summed E-state index contributed by atoms with van der Waals surface area (Å²) in [7, 11) is 6.08. The fourth-order valence-corrected chi connectivity index (χ4v) is 4.72. The molecule has 11 heteroatoms. The van der Waals surface area contributed by atoms with E-state index in [1.807, 2.05) is 30.3 Å². The van der Waals surface area contributed by atoms with Crippen molar-refractivity contribution in [1.29, 1.82) is 0 Å². The van der Waals surface area contributed by atoms with Crippen LogP contribution in [0.15, 0.2) is 85.6 Å². The van der Waals surface area contributed by atoms with E-state index in [1.54, 1.807) is 41.4 Å². The average molecular weight is 552 g/mol. The van der Waals surface area contributed by atoms with E-state index in [-0.39, 0.29) is 43.6 Å². The number of urea groups is 1. The predicted octanol–water partition coefficient (Wildman–Crippen LogP) is 0.964. The van der Waals surface area contributed by atoms with Crippen molar-refractivity contribution in [2.24, 2.45) is 0 Å². The van der Waals surface area contributed by atoms with Gasteiger partial charge in [0.15, 0.2) is 0 Å². The van der Waals surface area contributed by atoms with E-state index in [2.05, 4.69) is 27.5 Å². The van der Waals surface area contributed by atoms with Crippen molar-refractivity contribution in [2.45, 2.75) is 31.7 Å². The van der Waals surface area contributed by atoms with Gasteiger partial charge in [-0.25, -0.2) is 4.79 Å². The molecule has 0 spiro atoms. The number of carbonyl (C=O) groups is 3. The van der Waals surface area contributed by atoms with E-state index in [9.17, 15) is 19.5 Å². The Morgan fingerprint density at radius 1 is 1.07 bits per heavy atom. The molecule has 1 aromatic heterocycles. The lowest BCUT2D eigenvalue weighted by molar-refractivity contribution is -0.156. The van der Waals surface area contributed by atoms with Crippen LogP contribution in [0.25, 0.3) is 0 Å². The SMILES string of the molecule is [B]c1ncccc1CN1C[C@H](NC(=O)NCc2ccccc2)N(C(=O)CNCC=C)[C@@H](Cc2ccc(O)cc2)C1=O. The number of piperazine rings is 1. The summed E-state index contributed by atoms with van der Waals surface area (Å²) in [6.45, 7) is 4.51. The monoisotopic (exact) mass is 552 g/mol. The van der Waals surface area contributed by atoms with E-state index in [4.69, 9.17) is 7.85 Å². The fraction of sp³-hybridized carbons (Fsp3) is 0.267. The first-order chi connectivity index (χ1) is 19.9. The number of carbonyl (C=O) groups excluding carboxylic acids is 3. The Balaban J connectivity index is 1.63. The van der Waals surface area contributed by atoms with Gasteiger partial charge in [-0.05, 0) is 40.5 Å². The quantitative estimate of drug-likeness (QED) is 0.160. The molecule has 4 N–H and O–H groups in total. The van der Waals surface area contributed by atoms with Gasteiger partial charge in [-0.2, -0.15) is 0 Å². The van der Waals surface area contributed by atoms with Crippen molar-refractivity contribution < 1.29 is 19.5 Å². The lowest BCUT2D eigenvalue weighted by atomic mass is 9.95. The third kappa shape index (κ3) is 7.95. The molecule has 2 aromatic carbocycles. The molecule has 210 valence electrons. The Morgan fingerprint density at radius 2 is 1.83 bits per heavy atom. The number of phenols is 1. The fourth-order valence-electron chi connectivity index (χ4n) is 4.72. The molecule has 1 aliphatic rings. The van der Waals surface area contributed by atoms with Gasteiger partial charge in [0.2, 0.25) is 11.8 Å². The van der Waals surface area contributed by atoms with Crippen LogP contribution in [0.4, 0.5) is 4.79 Å². The molecule has 0 bridgehead atoms. The largest absolute Gasteiger partial charge is 0.508 e. The van der Waals surface area contributed by atoms with Gasteiger partial charge in [0.05, 0.1) is 13.1 Å². The molecule has 0 unspecified atom stereocenters. The summed E-state index contributed by atoms with van der Waals surface area (Å²) in [6.07, 6.45) is 2.55. The Bertz CT molecular complexity index is 1350. The number of phenolic OH excluding ortho intramolecular Hbond substituents is 1. The van der Waals surface area contributed by atoms with E-state index >= 15 is 0 Å². The molecule has 1 fully saturated rings. The van der Waals surface area contributed by atoms with E-state index in [1.165, 1.54) is 17.0 Å². The molecule has 41 heavy (non-hydrogen) atoms. The summed E-state index contributed by atoms with van der Waals surface area (Å²) < 4.78 is 0. The lowest BCUT2D eigenvalue weighted by Crippen LogP contribution is -2.69. The van der Waals surface area contributed by atoms with Crippen molar-refractivity contribution in [1.82, 2.24) is 30.7 Å². The average Bonchev–Trinajstić information content (AvgIpc) is 2.97. The molecular weight excluding hydrogens is 519 g/mol. The minimum atomic E-state index is -0.927. The summed E-state index contributed by atoms with van der Waals surface area (Å²) in [5.41, 5.74) is 2.62. The van der Waals surface area contributed by atoms with Crippen LogP contribution in [0.2, 0.25) is 0 Å². The van der Waals surface area contributed by atoms with Crippen LogP contribution in [0.5, 0.6) is 5.75 Å². The first kappa shape index (κ1) is 29.4. The maximum Gasteiger partial charge on any atom is 0.316 e. The zero-order chi connectivity index (χ0) is 29.2. The first-order valence-corrected chi connectivity index (χ1v) is 13.3. The highest BCUT2D eigenvalue weighted by Gasteiger charge is 2.43. The van der Waals surface area contributed by atoms with E-state index in [0.717, 1.165) is 11.1 Å². The number of benzene rings is 2. The van der Waals surface area contributed by atoms with Gasteiger partial charge in [-0.1, -0.05) is 54.6 Å². The summed E-state index contributed by atoms with van der Waals surface area (Å²) in [4.78, 5) is 47.8. The van der Waals surface area contributed by atoms with Gasteiger partial charge in [0.1, 0.15) is 25.8 Å². The predicted molar refractivity (Wildman–Crippen MR) is 156 cm³/mol. The number of aromatic hydroxyl groups is 1. The van der Waals surface area contributed by atoms with Crippen LogP contribution in [0, 0.1) is 0 Å². The topological polar surface area (TPSA) is 127 Å². The van der Waals surface area contributed by atoms with Crippen LogP contribution in [-0.4, -0.2) is 77.4 Å². The molecule has 4 rings (SSSR count). The molecule has 1 aliphatic heterocycles. The highest BCUT2D eigenvalue weighted by Crippen LogP contribution is 2.23. The number of hydrogen-bond acceptors (Lipinski definition) is 6. The van der Waals surface area contributed by atoms with Crippen molar-refractivity contribution >= 4 is 31.3 Å². The highest BCUT2D eigenvalue weighted by molar-refractivity contribution is 6.31. The van der Waals surface area contributed by atoms with Crippen LogP contribution < -0.4 is 21.5 Å². The van der Waals surface area contributed by atoms with E-state index < -0.39 is 18.2 Å². The third-order valence-corrected chi connectivity index (χ3v) is 6.76. The van der Waals surface area contributed by atoms with Crippen molar-refractivity contribution in [3.63, 3.8) is 0 Å². The maximum atomic E-state index is 14.0. The number of nitrogens with zero attached hydrogens (tertiary/aromatic N) is 3. The number of nitrogens with one attached hydrogen (secondary N) is 3. The second-order valence-electron chi connectivity index (χ2n) is 9.70. The van der Waals surface area contributed by atoms with E-state index in [0.29, 0.717) is 24.2 Å². The third-order valence-electron chi connectivity index (χ3n) is 6.76. The first-order valence-electron chi connectivity index (χ1n) is 13.3. The molecule has 2 radical (unpaired) electrons. The Hall–Kier alpha value is -4.64. The van der Waals surface area contributed by atoms with Gasteiger partial charge in [-0.15, -0.1) is 6.58 Å². The number of rotatable bonds is 11. The van der Waals surface area contributed by atoms with Gasteiger partial charge >= 0.3 is 6.03 Å². The Labute approximate surface area is 240 Å². The minimum absolute atomic E-state index is 0.0468. The summed E-state index contributed by atoms with van der Waals surface area (Å²) in [6, 6.07) is 18.0. The number of aromatic nitrogens is 1. The molecule has 0 aliphatic carbocycles. The Kier molecular flexibility index (Phi) is 10.1. The molecule has 1 saturated heterocycles. The summed E-state index contributed by atoms with van der Waals surface area (Å²) >= 11 is 0. The molecular formula is C30H33BN6O4. The molecule has 10 nitrogen and oxygen atoms in total. The smallest absolute Gasteiger partial charge is 0.316 e. The van der Waals surface area contributed by atoms with Gasteiger partial charge < -0.3 is 30.9 Å². The van der Waals surface area contributed by atoms with Gasteiger partial charge in [-0.3, -0.25) is 14.6 Å². The number of amides is 4. The van der Waals surface area contributed by atoms with Crippen LogP contribution >= 0.6 is 0 Å². The maximum absolute atomic E-state index is 14.0. The van der Waals surface area contributed by atoms with Crippen molar-refractivity contribution in [3.05, 3.63) is 102 Å². The number of hydrogen-bond donors (Lipinski definition) is 4. The highest BCUT2D eigenvalue weighted by atomic mass is 16.3. The molecule has 3 aromatic rings. The second-order valence-corrected chi connectivity index (χ2v) is 9.70. The van der Waals surface area contributed by atoms with Gasteiger partial charge in [0, 0.05) is 32.3 Å². The lowest BCUT2D eigenvalue weighted by Gasteiger charge is -2.46. The van der Waals surface area contributed by atoms with Crippen LogP contribution in [-0.2, 0) is 29.1 Å². The summed E-state index contributed by atoms with van der Waals surface area (Å²) in [5, 5.41) is 18.5.